The highest BCUT2D eigenvalue weighted by Gasteiger charge is 2.35. The van der Waals surface area contributed by atoms with Gasteiger partial charge in [-0.1, -0.05) is 18.2 Å². The van der Waals surface area contributed by atoms with E-state index in [1.807, 2.05) is 11.4 Å². The van der Waals surface area contributed by atoms with Crippen molar-refractivity contribution in [1.82, 2.24) is 15.4 Å². The van der Waals surface area contributed by atoms with Crippen LogP contribution in [-0.4, -0.2) is 38.1 Å². The second-order valence-electron chi connectivity index (χ2n) is 8.89. The highest BCUT2D eigenvalue weighted by atomic mass is 32.2. The van der Waals surface area contributed by atoms with Crippen molar-refractivity contribution < 1.29 is 22.4 Å². The van der Waals surface area contributed by atoms with Crippen LogP contribution in [0.15, 0.2) is 78.2 Å². The van der Waals surface area contributed by atoms with E-state index in [-0.39, 0.29) is 10.7 Å². The van der Waals surface area contributed by atoms with Crippen LogP contribution in [0.5, 0.6) is 0 Å². The van der Waals surface area contributed by atoms with Gasteiger partial charge in [0.1, 0.15) is 5.82 Å². The second-order valence-corrected chi connectivity index (χ2v) is 12.1. The Bertz CT molecular complexity index is 1640. The van der Waals surface area contributed by atoms with Crippen molar-refractivity contribution in [3.63, 3.8) is 0 Å². The van der Waals surface area contributed by atoms with E-state index < -0.39 is 38.9 Å². The predicted octanol–water partition coefficient (Wildman–Crippen LogP) is 4.36. The molecular formula is C27H25FN4O4S3. The monoisotopic (exact) mass is 584 g/mol. The molecule has 0 aliphatic carbocycles. The van der Waals surface area contributed by atoms with Gasteiger partial charge in [-0.15, -0.1) is 11.3 Å². The number of amides is 2. The average molecular weight is 585 g/mol. The summed E-state index contributed by atoms with van der Waals surface area (Å²) in [5, 5.41) is 10.9. The molecule has 4 aromatic rings. The summed E-state index contributed by atoms with van der Waals surface area (Å²) in [5.41, 5.74) is 0.494. The molecule has 8 nitrogen and oxygen atoms in total. The van der Waals surface area contributed by atoms with Crippen LogP contribution in [-0.2, 0) is 15.6 Å². The minimum atomic E-state index is -3.75. The number of halogens is 1. The predicted molar refractivity (Wildman–Crippen MR) is 156 cm³/mol. The van der Waals surface area contributed by atoms with Crippen LogP contribution in [0.4, 0.5) is 10.1 Å². The molecule has 202 valence electrons. The van der Waals surface area contributed by atoms with Crippen molar-refractivity contribution in [3.8, 4) is 0 Å². The van der Waals surface area contributed by atoms with E-state index >= 15 is 0 Å². The van der Waals surface area contributed by atoms with E-state index in [4.69, 9.17) is 12.2 Å². The minimum Gasteiger partial charge on any atom is -0.352 e. The molecule has 0 radical (unpaired) electrons. The molecule has 39 heavy (non-hydrogen) atoms. The number of benzene rings is 3. The molecule has 0 aliphatic heterocycles. The largest absolute Gasteiger partial charge is 0.352 e. The Balaban J connectivity index is 1.65. The molecule has 0 saturated carbocycles. The fraction of sp³-hybridized carbons (Fsp3) is 0.148. The van der Waals surface area contributed by atoms with E-state index in [0.717, 1.165) is 4.70 Å². The zero-order chi connectivity index (χ0) is 28.2. The third kappa shape index (κ3) is 6.84. The SMILES string of the molecule is CNS(=O)(=O)C[C@](C)(NC(=S)NC(=O)c1ccccc1)c1csc2ccc(NC(=O)c3ccc(F)cc3)cc12. The molecule has 4 rings (SSSR count). The van der Waals surface area contributed by atoms with E-state index in [9.17, 15) is 22.4 Å². The number of thiocarbonyl (C=S) groups is 1. The molecule has 1 aromatic heterocycles. The molecule has 0 spiro atoms. The number of thiophene rings is 1. The summed E-state index contributed by atoms with van der Waals surface area (Å²) in [6, 6.07) is 18.9. The topological polar surface area (TPSA) is 116 Å². The molecule has 0 saturated heterocycles. The lowest BCUT2D eigenvalue weighted by Crippen LogP contribution is -2.53. The summed E-state index contributed by atoms with van der Waals surface area (Å²) in [6.07, 6.45) is 0. The fourth-order valence-electron chi connectivity index (χ4n) is 4.02. The first-order valence-corrected chi connectivity index (χ1v) is 14.6. The Labute approximate surface area is 234 Å². The Kier molecular flexibility index (Phi) is 8.40. The van der Waals surface area contributed by atoms with Gasteiger partial charge in [-0.25, -0.2) is 17.5 Å². The maximum atomic E-state index is 13.2. The van der Waals surface area contributed by atoms with Crippen molar-refractivity contribution >= 4 is 66.3 Å². The normalized spacial score (nSPS) is 12.9. The summed E-state index contributed by atoms with van der Waals surface area (Å²) in [6.45, 7) is 1.67. The number of anilines is 1. The van der Waals surface area contributed by atoms with Crippen molar-refractivity contribution in [1.29, 1.82) is 0 Å². The number of fused-ring (bicyclic) bond motifs is 1. The average Bonchev–Trinajstić information content (AvgIpc) is 3.33. The summed E-state index contributed by atoms with van der Waals surface area (Å²) in [7, 11) is -2.43. The Morgan fingerprint density at radius 2 is 1.64 bits per heavy atom. The van der Waals surface area contributed by atoms with Crippen LogP contribution in [0.1, 0.15) is 33.2 Å². The van der Waals surface area contributed by atoms with Gasteiger partial charge in [0.05, 0.1) is 11.3 Å². The van der Waals surface area contributed by atoms with Gasteiger partial charge in [0.15, 0.2) is 5.11 Å². The zero-order valence-electron chi connectivity index (χ0n) is 20.9. The molecule has 12 heteroatoms. The zero-order valence-corrected chi connectivity index (χ0v) is 23.4. The van der Waals surface area contributed by atoms with Crippen LogP contribution in [0, 0.1) is 5.82 Å². The molecular weight excluding hydrogens is 560 g/mol. The van der Waals surface area contributed by atoms with Crippen LogP contribution in [0.3, 0.4) is 0 Å². The molecule has 4 N–H and O–H groups in total. The van der Waals surface area contributed by atoms with E-state index in [2.05, 4.69) is 20.7 Å². The smallest absolute Gasteiger partial charge is 0.257 e. The Morgan fingerprint density at radius 1 is 0.974 bits per heavy atom. The number of carbonyl (C=O) groups is 2. The summed E-state index contributed by atoms with van der Waals surface area (Å²) in [5.74, 6) is -1.70. The van der Waals surface area contributed by atoms with E-state index in [1.54, 1.807) is 49.4 Å². The lowest BCUT2D eigenvalue weighted by atomic mass is 9.93. The van der Waals surface area contributed by atoms with Crippen molar-refractivity contribution in [2.24, 2.45) is 0 Å². The number of carbonyl (C=O) groups excluding carboxylic acids is 2. The number of hydrogen-bond donors (Lipinski definition) is 4. The maximum absolute atomic E-state index is 13.2. The number of sulfonamides is 1. The Hall–Kier alpha value is -3.71. The van der Waals surface area contributed by atoms with Crippen molar-refractivity contribution in [3.05, 3.63) is 101 Å². The quantitative estimate of drug-likeness (QED) is 0.229. The Morgan fingerprint density at radius 3 is 2.31 bits per heavy atom. The minimum absolute atomic E-state index is 0.0437. The maximum Gasteiger partial charge on any atom is 0.257 e. The standard InChI is InChI=1S/C27H25FN4O4S3/c1-27(16-39(35,36)29-2,32-26(37)31-25(34)17-6-4-3-5-7-17)22-15-38-23-13-12-20(14-21(22)23)30-24(33)18-8-10-19(28)11-9-18/h3-15,29H,16H2,1-2H3,(H,30,33)(H2,31,32,34,37)/t27-/m0/s1. The molecule has 1 heterocycles. The van der Waals surface area contributed by atoms with Crippen molar-refractivity contribution in [2.45, 2.75) is 12.5 Å². The first-order valence-electron chi connectivity index (χ1n) is 11.7. The second kappa shape index (κ2) is 11.6. The van der Waals surface area contributed by atoms with Gasteiger partial charge in [0.2, 0.25) is 10.0 Å². The molecule has 0 aliphatic rings. The third-order valence-electron chi connectivity index (χ3n) is 5.97. The van der Waals surface area contributed by atoms with Crippen LogP contribution in [0.2, 0.25) is 0 Å². The summed E-state index contributed by atoms with van der Waals surface area (Å²) in [4.78, 5) is 25.3. The first kappa shape index (κ1) is 28.3. The number of nitrogens with one attached hydrogen (secondary N) is 4. The van der Waals surface area contributed by atoms with Gasteiger partial charge in [-0.3, -0.25) is 14.9 Å². The van der Waals surface area contributed by atoms with Crippen LogP contribution < -0.4 is 20.7 Å². The van der Waals surface area contributed by atoms with Gasteiger partial charge in [-0.2, -0.15) is 0 Å². The number of rotatable bonds is 8. The third-order valence-corrected chi connectivity index (χ3v) is 8.72. The highest BCUT2D eigenvalue weighted by molar-refractivity contribution is 7.89. The molecule has 3 aromatic carbocycles. The molecule has 1 atom stereocenters. The lowest BCUT2D eigenvalue weighted by Gasteiger charge is -2.32. The van der Waals surface area contributed by atoms with Gasteiger partial charge >= 0.3 is 0 Å². The number of hydrogen-bond acceptors (Lipinski definition) is 6. The first-order chi connectivity index (χ1) is 18.5. The molecule has 0 unspecified atom stereocenters. The molecule has 2 amide bonds. The van der Waals surface area contributed by atoms with Crippen LogP contribution in [0.25, 0.3) is 10.1 Å². The summed E-state index contributed by atoms with van der Waals surface area (Å²) < 4.78 is 41.8. The van der Waals surface area contributed by atoms with Gasteiger partial charge in [0.25, 0.3) is 11.8 Å². The van der Waals surface area contributed by atoms with Gasteiger partial charge in [-0.05, 0) is 91.7 Å². The summed E-state index contributed by atoms with van der Waals surface area (Å²) >= 11 is 6.81. The molecule has 0 fully saturated rings. The van der Waals surface area contributed by atoms with E-state index in [0.29, 0.717) is 22.2 Å². The van der Waals surface area contributed by atoms with Crippen molar-refractivity contribution in [2.75, 3.05) is 18.1 Å². The van der Waals surface area contributed by atoms with Gasteiger partial charge < -0.3 is 10.6 Å². The van der Waals surface area contributed by atoms with Crippen LogP contribution >= 0.6 is 23.6 Å². The fourth-order valence-corrected chi connectivity index (χ4v) is 6.54. The molecule has 0 bridgehead atoms. The lowest BCUT2D eigenvalue weighted by molar-refractivity contribution is 0.0974. The highest BCUT2D eigenvalue weighted by Crippen LogP contribution is 2.36. The van der Waals surface area contributed by atoms with Gasteiger partial charge in [0, 0.05) is 26.9 Å². The van der Waals surface area contributed by atoms with E-state index in [1.165, 1.54) is 42.6 Å².